The number of likely N-dealkylation sites (tertiary alicyclic amines) is 1. The van der Waals surface area contributed by atoms with Crippen molar-refractivity contribution in [2.24, 2.45) is 0 Å². The van der Waals surface area contributed by atoms with Crippen molar-refractivity contribution in [2.45, 2.75) is 38.0 Å². The van der Waals surface area contributed by atoms with Gasteiger partial charge in [0.25, 0.3) is 0 Å². The van der Waals surface area contributed by atoms with Crippen LogP contribution in [0, 0.1) is 0 Å². The second-order valence-corrected chi connectivity index (χ2v) is 7.83. The van der Waals surface area contributed by atoms with Crippen molar-refractivity contribution in [1.29, 1.82) is 0 Å². The molecule has 0 radical (unpaired) electrons. The molecule has 1 aliphatic heterocycles. The molecule has 5 nitrogen and oxygen atoms in total. The summed E-state index contributed by atoms with van der Waals surface area (Å²) in [5.41, 5.74) is 1.17. The minimum atomic E-state index is -0.0615. The molecule has 1 atom stereocenters. The summed E-state index contributed by atoms with van der Waals surface area (Å²) >= 11 is 1.61. The van der Waals surface area contributed by atoms with Crippen molar-refractivity contribution in [3.63, 3.8) is 0 Å². The Kier molecular flexibility index (Phi) is 6.97. The number of thioether (sulfide) groups is 1. The van der Waals surface area contributed by atoms with Crippen LogP contribution in [0.25, 0.3) is 0 Å². The molecule has 1 unspecified atom stereocenters. The summed E-state index contributed by atoms with van der Waals surface area (Å²) in [6, 6.07) is 7.82. The number of hydrogen-bond donors (Lipinski definition) is 1. The zero-order valence-corrected chi connectivity index (χ0v) is 15.4. The Hall–Kier alpha value is -1.69. The van der Waals surface area contributed by atoms with E-state index in [0.717, 1.165) is 12.2 Å². The smallest absolute Gasteiger partial charge is 0.230 e. The average molecular weight is 350 g/mol. The minimum absolute atomic E-state index is 0.0171. The summed E-state index contributed by atoms with van der Waals surface area (Å²) in [6.07, 6.45) is 1.21. The van der Waals surface area contributed by atoms with E-state index in [9.17, 15) is 9.59 Å². The summed E-state index contributed by atoms with van der Waals surface area (Å²) in [5.74, 6) is 1.42. The van der Waals surface area contributed by atoms with Gasteiger partial charge in [0, 0.05) is 19.5 Å². The van der Waals surface area contributed by atoms with Crippen LogP contribution >= 0.6 is 11.8 Å². The lowest BCUT2D eigenvalue weighted by atomic mass is 10.1. The van der Waals surface area contributed by atoms with Gasteiger partial charge >= 0.3 is 0 Å². The van der Waals surface area contributed by atoms with Crippen LogP contribution < -0.4 is 10.1 Å². The molecule has 0 aliphatic carbocycles. The lowest BCUT2D eigenvalue weighted by Gasteiger charge is -2.17. The van der Waals surface area contributed by atoms with Crippen LogP contribution in [0.3, 0.4) is 0 Å². The number of carbonyl (C=O) groups is 2. The molecule has 1 fully saturated rings. The fourth-order valence-corrected chi connectivity index (χ4v) is 3.22. The first kappa shape index (κ1) is 18.6. The molecule has 1 heterocycles. The summed E-state index contributed by atoms with van der Waals surface area (Å²) in [5, 5.41) is 3.40. The zero-order chi connectivity index (χ0) is 17.5. The third kappa shape index (κ3) is 5.74. The first-order chi connectivity index (χ1) is 11.5. The molecule has 1 aromatic carbocycles. The molecule has 1 N–H and O–H groups in total. The highest BCUT2D eigenvalue weighted by Crippen LogP contribution is 2.15. The SMILES string of the molecule is COc1ccc(CCN2CC(NC(=O)CSC(C)C)CC2=O)cc1. The monoisotopic (exact) mass is 350 g/mol. The average Bonchev–Trinajstić information content (AvgIpc) is 2.91. The van der Waals surface area contributed by atoms with Gasteiger partial charge in [-0.1, -0.05) is 26.0 Å². The van der Waals surface area contributed by atoms with Crippen molar-refractivity contribution in [3.05, 3.63) is 29.8 Å². The Labute approximate surface area is 148 Å². The highest BCUT2D eigenvalue weighted by atomic mass is 32.2. The van der Waals surface area contributed by atoms with Crippen LogP contribution in [0.1, 0.15) is 25.8 Å². The molecule has 1 aromatic rings. The van der Waals surface area contributed by atoms with Gasteiger partial charge in [-0.2, -0.15) is 0 Å². The van der Waals surface area contributed by atoms with Gasteiger partial charge in [0.05, 0.1) is 18.9 Å². The lowest BCUT2D eigenvalue weighted by molar-refractivity contribution is -0.127. The van der Waals surface area contributed by atoms with Crippen LogP contribution in [0.15, 0.2) is 24.3 Å². The van der Waals surface area contributed by atoms with E-state index >= 15 is 0 Å². The highest BCUT2D eigenvalue weighted by Gasteiger charge is 2.30. The zero-order valence-electron chi connectivity index (χ0n) is 14.6. The number of carbonyl (C=O) groups excluding carboxylic acids is 2. The van der Waals surface area contributed by atoms with Gasteiger partial charge in [-0.15, -0.1) is 11.8 Å². The fraction of sp³-hybridized carbons (Fsp3) is 0.556. The number of ether oxygens (including phenoxy) is 1. The molecule has 0 aromatic heterocycles. The second-order valence-electron chi connectivity index (χ2n) is 6.27. The molecular formula is C18H26N2O3S. The second kappa shape index (κ2) is 8.97. The molecule has 2 rings (SSSR count). The van der Waals surface area contributed by atoms with E-state index in [2.05, 4.69) is 19.2 Å². The van der Waals surface area contributed by atoms with Crippen LogP contribution in [-0.4, -0.2) is 54.0 Å². The summed E-state index contributed by atoms with van der Waals surface area (Å²) in [7, 11) is 1.64. The van der Waals surface area contributed by atoms with Gasteiger partial charge < -0.3 is 15.0 Å². The topological polar surface area (TPSA) is 58.6 Å². The van der Waals surface area contributed by atoms with Crippen molar-refractivity contribution < 1.29 is 14.3 Å². The maximum atomic E-state index is 12.1. The van der Waals surface area contributed by atoms with Gasteiger partial charge in [-0.05, 0) is 29.4 Å². The third-order valence-electron chi connectivity index (χ3n) is 3.96. The van der Waals surface area contributed by atoms with E-state index in [1.807, 2.05) is 29.2 Å². The van der Waals surface area contributed by atoms with Gasteiger partial charge in [0.1, 0.15) is 5.75 Å². The Morgan fingerprint density at radius 2 is 2.08 bits per heavy atom. The quantitative estimate of drug-likeness (QED) is 0.780. The Bertz CT molecular complexity index is 560. The molecule has 0 saturated carbocycles. The first-order valence-corrected chi connectivity index (χ1v) is 9.34. The van der Waals surface area contributed by atoms with Crippen LogP contribution in [0.2, 0.25) is 0 Å². The van der Waals surface area contributed by atoms with E-state index < -0.39 is 0 Å². The maximum absolute atomic E-state index is 12.1. The number of rotatable bonds is 8. The number of nitrogens with zero attached hydrogens (tertiary/aromatic N) is 1. The molecule has 2 amide bonds. The minimum Gasteiger partial charge on any atom is -0.497 e. The van der Waals surface area contributed by atoms with Crippen molar-refractivity contribution in [3.8, 4) is 5.75 Å². The molecule has 0 bridgehead atoms. The number of benzene rings is 1. The van der Waals surface area contributed by atoms with Crippen molar-refractivity contribution in [1.82, 2.24) is 10.2 Å². The van der Waals surface area contributed by atoms with E-state index in [0.29, 0.717) is 30.5 Å². The van der Waals surface area contributed by atoms with Gasteiger partial charge in [-0.25, -0.2) is 0 Å². The molecule has 24 heavy (non-hydrogen) atoms. The first-order valence-electron chi connectivity index (χ1n) is 8.29. The molecule has 132 valence electrons. The Morgan fingerprint density at radius 1 is 1.38 bits per heavy atom. The fourth-order valence-electron chi connectivity index (χ4n) is 2.65. The maximum Gasteiger partial charge on any atom is 0.230 e. The predicted molar refractivity (Wildman–Crippen MR) is 97.4 cm³/mol. The number of methoxy groups -OCH3 is 1. The number of hydrogen-bond acceptors (Lipinski definition) is 4. The number of amides is 2. The Balaban J connectivity index is 1.76. The van der Waals surface area contributed by atoms with Gasteiger partial charge in [-0.3, -0.25) is 9.59 Å². The lowest BCUT2D eigenvalue weighted by Crippen LogP contribution is -2.38. The van der Waals surface area contributed by atoms with Crippen LogP contribution in [0.5, 0.6) is 5.75 Å². The normalized spacial score (nSPS) is 17.4. The third-order valence-corrected chi connectivity index (χ3v) is 5.05. The molecule has 1 aliphatic rings. The number of nitrogens with one attached hydrogen (secondary N) is 1. The predicted octanol–water partition coefficient (Wildman–Crippen LogP) is 2.10. The summed E-state index contributed by atoms with van der Waals surface area (Å²) < 4.78 is 5.14. The van der Waals surface area contributed by atoms with E-state index in [-0.39, 0.29) is 17.9 Å². The van der Waals surface area contributed by atoms with Gasteiger partial charge in [0.15, 0.2) is 0 Å². The van der Waals surface area contributed by atoms with E-state index in [4.69, 9.17) is 4.74 Å². The van der Waals surface area contributed by atoms with E-state index in [1.165, 1.54) is 5.56 Å². The van der Waals surface area contributed by atoms with Crippen LogP contribution in [-0.2, 0) is 16.0 Å². The summed E-state index contributed by atoms with van der Waals surface area (Å²) in [6.45, 7) is 5.42. The molecule has 6 heteroatoms. The molecular weight excluding hydrogens is 324 g/mol. The van der Waals surface area contributed by atoms with Gasteiger partial charge in [0.2, 0.25) is 11.8 Å². The van der Waals surface area contributed by atoms with Crippen LogP contribution in [0.4, 0.5) is 0 Å². The molecule has 0 spiro atoms. The van der Waals surface area contributed by atoms with E-state index in [1.54, 1.807) is 18.9 Å². The van der Waals surface area contributed by atoms with Crippen molar-refractivity contribution >= 4 is 23.6 Å². The molecule has 1 saturated heterocycles. The van der Waals surface area contributed by atoms with Crippen molar-refractivity contribution in [2.75, 3.05) is 26.0 Å². The Morgan fingerprint density at radius 3 is 2.71 bits per heavy atom. The standard InChI is InChI=1S/C18H26N2O3S/c1-13(2)24-12-17(21)19-15-10-18(22)20(11-15)9-8-14-4-6-16(23-3)7-5-14/h4-7,13,15H,8-12H2,1-3H3,(H,19,21). The summed E-state index contributed by atoms with van der Waals surface area (Å²) in [4.78, 5) is 25.8. The largest absolute Gasteiger partial charge is 0.497 e. The highest BCUT2D eigenvalue weighted by molar-refractivity contribution is 8.00.